The lowest BCUT2D eigenvalue weighted by Gasteiger charge is -2.34. The molecule has 0 bridgehead atoms. The molecule has 0 atom stereocenters. The van der Waals surface area contributed by atoms with Gasteiger partial charge in [0.05, 0.1) is 7.11 Å². The SMILES string of the molecule is COc1cccc2cc(C(=O)N3CCN(Cc4ccc5c(c4)OCO5)CC3)oc12.Cl. The molecule has 30 heavy (non-hydrogen) atoms. The van der Waals surface area contributed by atoms with Gasteiger partial charge in [0, 0.05) is 38.1 Å². The molecule has 0 radical (unpaired) electrons. The zero-order valence-corrected chi connectivity index (χ0v) is 17.4. The van der Waals surface area contributed by atoms with Crippen molar-refractivity contribution in [2.75, 3.05) is 40.1 Å². The number of hydrogen-bond acceptors (Lipinski definition) is 6. The van der Waals surface area contributed by atoms with Gasteiger partial charge in [-0.2, -0.15) is 0 Å². The number of carbonyl (C=O) groups is 1. The Morgan fingerprint density at radius 1 is 1.03 bits per heavy atom. The first-order valence-electron chi connectivity index (χ1n) is 9.68. The molecule has 2 aliphatic rings. The number of methoxy groups -OCH3 is 1. The van der Waals surface area contributed by atoms with Gasteiger partial charge in [0.2, 0.25) is 6.79 Å². The van der Waals surface area contributed by atoms with Crippen LogP contribution in [0.15, 0.2) is 46.9 Å². The molecule has 3 heterocycles. The van der Waals surface area contributed by atoms with Crippen LogP contribution >= 0.6 is 12.4 Å². The number of fused-ring (bicyclic) bond motifs is 2. The van der Waals surface area contributed by atoms with Crippen LogP contribution in [0.25, 0.3) is 11.0 Å². The minimum atomic E-state index is -0.0778. The molecule has 0 unspecified atom stereocenters. The van der Waals surface area contributed by atoms with Crippen molar-refractivity contribution in [3.63, 3.8) is 0 Å². The van der Waals surface area contributed by atoms with Crippen LogP contribution in [0.3, 0.4) is 0 Å². The standard InChI is InChI=1S/C22H22N2O5.ClH/c1-26-18-4-2-3-16-12-20(29-21(16)18)22(25)24-9-7-23(8-10-24)13-15-5-6-17-19(11-15)28-14-27-17;/h2-6,11-12H,7-10,13-14H2,1H3;1H. The molecule has 1 amide bonds. The summed E-state index contributed by atoms with van der Waals surface area (Å²) >= 11 is 0. The fraction of sp³-hybridized carbons (Fsp3) is 0.318. The molecule has 0 N–H and O–H groups in total. The summed E-state index contributed by atoms with van der Waals surface area (Å²) in [6, 6.07) is 13.5. The van der Waals surface area contributed by atoms with Gasteiger partial charge in [0.1, 0.15) is 0 Å². The van der Waals surface area contributed by atoms with Gasteiger partial charge in [0.15, 0.2) is 28.6 Å². The molecule has 2 aliphatic heterocycles. The number of halogens is 1. The number of amides is 1. The highest BCUT2D eigenvalue weighted by Crippen LogP contribution is 2.33. The highest BCUT2D eigenvalue weighted by Gasteiger charge is 2.25. The molecule has 0 spiro atoms. The summed E-state index contributed by atoms with van der Waals surface area (Å²) in [6.45, 7) is 4.05. The fourth-order valence-electron chi connectivity index (χ4n) is 3.86. The van der Waals surface area contributed by atoms with Gasteiger partial charge in [-0.05, 0) is 29.8 Å². The minimum Gasteiger partial charge on any atom is -0.493 e. The Hall–Kier alpha value is -2.90. The Kier molecular flexibility index (Phi) is 5.74. The Balaban J connectivity index is 0.00000218. The monoisotopic (exact) mass is 430 g/mol. The van der Waals surface area contributed by atoms with Crippen LogP contribution in [0.2, 0.25) is 0 Å². The third-order valence-electron chi connectivity index (χ3n) is 5.44. The molecule has 0 aliphatic carbocycles. The molecule has 158 valence electrons. The van der Waals surface area contributed by atoms with Gasteiger partial charge in [0.25, 0.3) is 5.91 Å². The van der Waals surface area contributed by atoms with E-state index in [9.17, 15) is 4.79 Å². The second kappa shape index (κ2) is 8.45. The molecule has 3 aromatic rings. The minimum absolute atomic E-state index is 0. The van der Waals surface area contributed by atoms with E-state index < -0.39 is 0 Å². The first-order chi connectivity index (χ1) is 14.2. The van der Waals surface area contributed by atoms with Gasteiger partial charge in [-0.15, -0.1) is 12.4 Å². The predicted octanol–water partition coefficient (Wildman–Crippen LogP) is 3.55. The topological polar surface area (TPSA) is 64.4 Å². The normalized spacial score (nSPS) is 15.8. The molecule has 8 heteroatoms. The summed E-state index contributed by atoms with van der Waals surface area (Å²) in [5, 5.41) is 0.870. The Morgan fingerprint density at radius 3 is 2.63 bits per heavy atom. The number of hydrogen-bond donors (Lipinski definition) is 0. The van der Waals surface area contributed by atoms with Crippen molar-refractivity contribution in [3.05, 3.63) is 53.8 Å². The van der Waals surface area contributed by atoms with E-state index in [4.69, 9.17) is 18.6 Å². The second-order valence-electron chi connectivity index (χ2n) is 7.25. The van der Waals surface area contributed by atoms with Crippen LogP contribution in [0, 0.1) is 0 Å². The van der Waals surface area contributed by atoms with Crippen molar-refractivity contribution in [3.8, 4) is 17.2 Å². The van der Waals surface area contributed by atoms with E-state index in [-0.39, 0.29) is 25.1 Å². The predicted molar refractivity (Wildman–Crippen MR) is 114 cm³/mol. The average molecular weight is 431 g/mol. The van der Waals surface area contributed by atoms with Gasteiger partial charge in [-0.1, -0.05) is 18.2 Å². The molecular formula is C22H23ClN2O5. The van der Waals surface area contributed by atoms with E-state index in [0.29, 0.717) is 30.2 Å². The quantitative estimate of drug-likeness (QED) is 0.630. The summed E-state index contributed by atoms with van der Waals surface area (Å²) in [5.74, 6) is 2.51. The maximum absolute atomic E-state index is 12.9. The van der Waals surface area contributed by atoms with Crippen LogP contribution in [-0.4, -0.2) is 55.8 Å². The van der Waals surface area contributed by atoms with Crippen molar-refractivity contribution in [2.45, 2.75) is 6.54 Å². The number of ether oxygens (including phenoxy) is 3. The molecule has 5 rings (SSSR count). The highest BCUT2D eigenvalue weighted by atomic mass is 35.5. The number of rotatable bonds is 4. The summed E-state index contributed by atoms with van der Waals surface area (Å²) in [4.78, 5) is 17.1. The Morgan fingerprint density at radius 2 is 1.83 bits per heavy atom. The molecule has 1 saturated heterocycles. The molecule has 1 fully saturated rings. The summed E-state index contributed by atoms with van der Waals surface area (Å²) in [7, 11) is 1.60. The van der Waals surface area contributed by atoms with Gasteiger partial charge in [-0.3, -0.25) is 9.69 Å². The lowest BCUT2D eigenvalue weighted by Crippen LogP contribution is -2.48. The largest absolute Gasteiger partial charge is 0.493 e. The summed E-state index contributed by atoms with van der Waals surface area (Å²) in [5.41, 5.74) is 1.79. The highest BCUT2D eigenvalue weighted by molar-refractivity contribution is 5.97. The maximum atomic E-state index is 12.9. The van der Waals surface area contributed by atoms with Crippen LogP contribution in [0.4, 0.5) is 0 Å². The van der Waals surface area contributed by atoms with E-state index in [1.165, 1.54) is 5.56 Å². The fourth-order valence-corrected chi connectivity index (χ4v) is 3.86. The van der Waals surface area contributed by atoms with Crippen LogP contribution in [-0.2, 0) is 6.54 Å². The van der Waals surface area contributed by atoms with Crippen LogP contribution in [0.5, 0.6) is 17.2 Å². The smallest absolute Gasteiger partial charge is 0.289 e. The lowest BCUT2D eigenvalue weighted by molar-refractivity contribution is 0.0600. The number of para-hydroxylation sites is 1. The van der Waals surface area contributed by atoms with E-state index >= 15 is 0 Å². The lowest BCUT2D eigenvalue weighted by atomic mass is 10.1. The van der Waals surface area contributed by atoms with Crippen molar-refractivity contribution in [1.29, 1.82) is 0 Å². The van der Waals surface area contributed by atoms with Crippen LogP contribution < -0.4 is 14.2 Å². The van der Waals surface area contributed by atoms with E-state index in [1.54, 1.807) is 13.2 Å². The van der Waals surface area contributed by atoms with Gasteiger partial charge >= 0.3 is 0 Å². The van der Waals surface area contributed by atoms with E-state index in [1.807, 2.05) is 35.2 Å². The Labute approximate surface area is 180 Å². The molecular weight excluding hydrogens is 408 g/mol. The Bertz CT molecular complexity index is 1060. The van der Waals surface area contributed by atoms with Crippen molar-refractivity contribution >= 4 is 29.3 Å². The third-order valence-corrected chi connectivity index (χ3v) is 5.44. The number of piperazine rings is 1. The zero-order chi connectivity index (χ0) is 19.8. The summed E-state index contributed by atoms with van der Waals surface area (Å²) in [6.07, 6.45) is 0. The number of furan rings is 1. The van der Waals surface area contributed by atoms with E-state index in [0.717, 1.165) is 36.5 Å². The second-order valence-corrected chi connectivity index (χ2v) is 7.25. The average Bonchev–Trinajstić information content (AvgIpc) is 3.40. The zero-order valence-electron chi connectivity index (χ0n) is 16.6. The first kappa shape index (κ1) is 20.4. The van der Waals surface area contributed by atoms with Crippen molar-refractivity contribution in [1.82, 2.24) is 9.80 Å². The number of benzene rings is 2. The summed E-state index contributed by atoms with van der Waals surface area (Å²) < 4.78 is 22.0. The molecule has 0 saturated carbocycles. The number of nitrogens with zero attached hydrogens (tertiary/aromatic N) is 2. The molecule has 2 aromatic carbocycles. The van der Waals surface area contributed by atoms with Gasteiger partial charge < -0.3 is 23.5 Å². The molecule has 1 aromatic heterocycles. The first-order valence-corrected chi connectivity index (χ1v) is 9.68. The van der Waals surface area contributed by atoms with E-state index in [2.05, 4.69) is 11.0 Å². The number of carbonyl (C=O) groups excluding carboxylic acids is 1. The van der Waals surface area contributed by atoms with Crippen molar-refractivity contribution < 1.29 is 23.4 Å². The van der Waals surface area contributed by atoms with Gasteiger partial charge in [-0.25, -0.2) is 0 Å². The molecule has 7 nitrogen and oxygen atoms in total. The van der Waals surface area contributed by atoms with Crippen LogP contribution in [0.1, 0.15) is 16.1 Å². The van der Waals surface area contributed by atoms with Crippen molar-refractivity contribution in [2.24, 2.45) is 0 Å². The maximum Gasteiger partial charge on any atom is 0.289 e. The third kappa shape index (κ3) is 3.78.